The maximum Gasteiger partial charge on any atom is 0.254 e. The summed E-state index contributed by atoms with van der Waals surface area (Å²) in [5.41, 5.74) is 5.76. The minimum absolute atomic E-state index is 0.0246. The summed E-state index contributed by atoms with van der Waals surface area (Å²) in [6.07, 6.45) is 3.10. The third-order valence-electron chi connectivity index (χ3n) is 3.01. The fraction of sp³-hybridized carbons (Fsp3) is 0.462. The fourth-order valence-corrected chi connectivity index (χ4v) is 2.03. The van der Waals surface area contributed by atoms with Crippen molar-refractivity contribution in [1.29, 1.82) is 0 Å². The number of carbonyl (C=O) groups excluding carboxylic acids is 1. The lowest BCUT2D eigenvalue weighted by Crippen LogP contribution is -2.27. The van der Waals surface area contributed by atoms with Gasteiger partial charge in [-0.3, -0.25) is 4.79 Å². The van der Waals surface area contributed by atoms with E-state index in [0.29, 0.717) is 12.2 Å². The van der Waals surface area contributed by atoms with Gasteiger partial charge in [-0.05, 0) is 37.5 Å². The number of hydrogen-bond acceptors (Lipinski definition) is 3. The number of nitrogen functional groups attached to an aromatic ring is 1. The lowest BCUT2D eigenvalue weighted by atomic mass is 10.1. The quantitative estimate of drug-likeness (QED) is 0.802. The molecular formula is C13H17FN2O2. The largest absolute Gasteiger partial charge is 0.399 e. The van der Waals surface area contributed by atoms with Gasteiger partial charge in [-0.1, -0.05) is 0 Å². The number of anilines is 1. The van der Waals surface area contributed by atoms with Crippen LogP contribution in [0.2, 0.25) is 0 Å². The van der Waals surface area contributed by atoms with Crippen molar-refractivity contribution in [3.05, 3.63) is 29.6 Å². The zero-order valence-corrected chi connectivity index (χ0v) is 10.1. The molecular weight excluding hydrogens is 235 g/mol. The van der Waals surface area contributed by atoms with Crippen LogP contribution in [0.4, 0.5) is 10.1 Å². The highest BCUT2D eigenvalue weighted by molar-refractivity contribution is 5.94. The van der Waals surface area contributed by atoms with Gasteiger partial charge in [0, 0.05) is 18.8 Å². The highest BCUT2D eigenvalue weighted by Gasteiger charge is 2.16. The van der Waals surface area contributed by atoms with Crippen LogP contribution in [0.1, 0.15) is 29.6 Å². The number of ether oxygens (including phenoxy) is 1. The molecule has 1 fully saturated rings. The molecule has 1 unspecified atom stereocenters. The van der Waals surface area contributed by atoms with Crippen molar-refractivity contribution in [3.8, 4) is 0 Å². The second-order valence-corrected chi connectivity index (χ2v) is 4.42. The van der Waals surface area contributed by atoms with Crippen molar-refractivity contribution in [1.82, 2.24) is 5.32 Å². The standard InChI is InChI=1S/C13H17FN2O2/c14-12-8-9(15)3-4-11(12)13(17)16-6-5-10-2-1-7-18-10/h3-4,8,10H,1-2,5-7,15H2,(H,16,17). The summed E-state index contributed by atoms with van der Waals surface area (Å²) in [4.78, 5) is 11.7. The monoisotopic (exact) mass is 252 g/mol. The summed E-state index contributed by atoms with van der Waals surface area (Å²) >= 11 is 0. The van der Waals surface area contributed by atoms with Crippen molar-refractivity contribution in [2.75, 3.05) is 18.9 Å². The van der Waals surface area contributed by atoms with Gasteiger partial charge in [0.15, 0.2) is 0 Å². The second-order valence-electron chi connectivity index (χ2n) is 4.42. The Bertz CT molecular complexity index is 431. The number of hydrogen-bond donors (Lipinski definition) is 2. The smallest absolute Gasteiger partial charge is 0.254 e. The number of amides is 1. The number of rotatable bonds is 4. The van der Waals surface area contributed by atoms with Crippen molar-refractivity contribution in [2.45, 2.75) is 25.4 Å². The van der Waals surface area contributed by atoms with Crippen LogP contribution in [-0.2, 0) is 4.74 Å². The third kappa shape index (κ3) is 3.20. The van der Waals surface area contributed by atoms with Crippen LogP contribution in [0.5, 0.6) is 0 Å². The van der Waals surface area contributed by atoms with E-state index in [4.69, 9.17) is 10.5 Å². The van der Waals surface area contributed by atoms with E-state index in [1.165, 1.54) is 12.1 Å². The topological polar surface area (TPSA) is 64.4 Å². The molecule has 0 radical (unpaired) electrons. The molecule has 4 nitrogen and oxygen atoms in total. The fourth-order valence-electron chi connectivity index (χ4n) is 2.03. The SMILES string of the molecule is Nc1ccc(C(=O)NCCC2CCCO2)c(F)c1. The first-order valence-corrected chi connectivity index (χ1v) is 6.11. The molecule has 1 amide bonds. The normalized spacial score (nSPS) is 18.8. The number of nitrogens with two attached hydrogens (primary N) is 1. The molecule has 1 aromatic rings. The molecule has 3 N–H and O–H groups in total. The van der Waals surface area contributed by atoms with Crippen LogP contribution in [0.3, 0.4) is 0 Å². The Morgan fingerprint density at radius 3 is 3.06 bits per heavy atom. The molecule has 1 saturated heterocycles. The molecule has 1 heterocycles. The van der Waals surface area contributed by atoms with Gasteiger partial charge in [-0.15, -0.1) is 0 Å². The average Bonchev–Trinajstić information content (AvgIpc) is 2.81. The predicted octanol–water partition coefficient (Wildman–Crippen LogP) is 1.71. The Labute approximate surface area is 105 Å². The third-order valence-corrected chi connectivity index (χ3v) is 3.01. The highest BCUT2D eigenvalue weighted by Crippen LogP contribution is 2.15. The molecule has 18 heavy (non-hydrogen) atoms. The van der Waals surface area contributed by atoms with Crippen molar-refractivity contribution >= 4 is 11.6 Å². The second kappa shape index (κ2) is 5.82. The summed E-state index contributed by atoms with van der Waals surface area (Å²) in [5.74, 6) is -1.00. The molecule has 2 rings (SSSR count). The number of carbonyl (C=O) groups is 1. The molecule has 5 heteroatoms. The van der Waals surface area contributed by atoms with E-state index in [2.05, 4.69) is 5.32 Å². The van der Waals surface area contributed by atoms with Crippen molar-refractivity contribution < 1.29 is 13.9 Å². The number of benzene rings is 1. The van der Waals surface area contributed by atoms with Crippen molar-refractivity contribution in [2.24, 2.45) is 0 Å². The van der Waals surface area contributed by atoms with Crippen LogP contribution < -0.4 is 11.1 Å². The summed E-state index contributed by atoms with van der Waals surface area (Å²) in [6, 6.07) is 4.05. The molecule has 0 saturated carbocycles. The summed E-state index contributed by atoms with van der Waals surface area (Å²) in [6.45, 7) is 1.29. The van der Waals surface area contributed by atoms with Crippen LogP contribution in [-0.4, -0.2) is 25.2 Å². The molecule has 0 spiro atoms. The molecule has 0 aliphatic carbocycles. The van der Waals surface area contributed by atoms with E-state index in [9.17, 15) is 9.18 Å². The van der Waals surface area contributed by atoms with Crippen LogP contribution in [0, 0.1) is 5.82 Å². The minimum Gasteiger partial charge on any atom is -0.399 e. The minimum atomic E-state index is -0.593. The molecule has 1 atom stereocenters. The Kier molecular flexibility index (Phi) is 4.15. The average molecular weight is 252 g/mol. The van der Waals surface area contributed by atoms with Gasteiger partial charge >= 0.3 is 0 Å². The van der Waals surface area contributed by atoms with Crippen molar-refractivity contribution in [3.63, 3.8) is 0 Å². The van der Waals surface area contributed by atoms with Gasteiger partial charge in [-0.2, -0.15) is 0 Å². The Morgan fingerprint density at radius 1 is 1.56 bits per heavy atom. The lowest BCUT2D eigenvalue weighted by Gasteiger charge is -2.10. The van der Waals surface area contributed by atoms with E-state index < -0.39 is 11.7 Å². The Balaban J connectivity index is 1.83. The lowest BCUT2D eigenvalue weighted by molar-refractivity contribution is 0.0904. The van der Waals surface area contributed by atoms with E-state index in [-0.39, 0.29) is 11.7 Å². The van der Waals surface area contributed by atoms with E-state index >= 15 is 0 Å². The van der Waals surface area contributed by atoms with Crippen LogP contribution in [0.25, 0.3) is 0 Å². The van der Waals surface area contributed by atoms with Gasteiger partial charge in [0.05, 0.1) is 11.7 Å². The summed E-state index contributed by atoms with van der Waals surface area (Å²) in [5, 5.41) is 2.69. The van der Waals surface area contributed by atoms with E-state index in [1.54, 1.807) is 0 Å². The van der Waals surface area contributed by atoms with E-state index in [1.807, 2.05) is 0 Å². The molecule has 1 aliphatic heterocycles. The number of nitrogens with one attached hydrogen (secondary N) is 1. The Hall–Kier alpha value is -1.62. The van der Waals surface area contributed by atoms with Crippen LogP contribution in [0.15, 0.2) is 18.2 Å². The first kappa shape index (κ1) is 12.8. The van der Waals surface area contributed by atoms with Gasteiger partial charge in [0.25, 0.3) is 5.91 Å². The van der Waals surface area contributed by atoms with Gasteiger partial charge in [0.2, 0.25) is 0 Å². The molecule has 1 aromatic carbocycles. The molecule has 98 valence electrons. The number of halogens is 1. The zero-order chi connectivity index (χ0) is 13.0. The van der Waals surface area contributed by atoms with E-state index in [0.717, 1.165) is 31.9 Å². The maximum absolute atomic E-state index is 13.5. The predicted molar refractivity (Wildman–Crippen MR) is 66.7 cm³/mol. The van der Waals surface area contributed by atoms with Gasteiger partial charge in [-0.25, -0.2) is 4.39 Å². The molecule has 1 aliphatic rings. The molecule has 0 aromatic heterocycles. The molecule has 0 bridgehead atoms. The van der Waals surface area contributed by atoms with Gasteiger partial charge in [0.1, 0.15) is 5.82 Å². The first-order valence-electron chi connectivity index (χ1n) is 6.11. The van der Waals surface area contributed by atoms with Crippen LogP contribution >= 0.6 is 0 Å². The van der Waals surface area contributed by atoms with Gasteiger partial charge < -0.3 is 15.8 Å². The summed E-state index contributed by atoms with van der Waals surface area (Å²) in [7, 11) is 0. The highest BCUT2D eigenvalue weighted by atomic mass is 19.1. The Morgan fingerprint density at radius 2 is 2.39 bits per heavy atom. The summed E-state index contributed by atoms with van der Waals surface area (Å²) < 4.78 is 18.9. The zero-order valence-electron chi connectivity index (χ0n) is 10.1. The first-order chi connectivity index (χ1) is 8.66. The maximum atomic E-state index is 13.5.